The maximum atomic E-state index is 11.8. The molecule has 14 heavy (non-hydrogen) atoms. The van der Waals surface area contributed by atoms with E-state index < -0.39 is 0 Å². The monoisotopic (exact) mass is 190 g/mol. The smallest absolute Gasteiger partial charge is 0.166 e. The van der Waals surface area contributed by atoms with Crippen LogP contribution in [0.2, 0.25) is 0 Å². The third-order valence-corrected chi connectivity index (χ3v) is 3.87. The first-order valence-corrected chi connectivity index (χ1v) is 5.32. The number of ketones is 1. The summed E-state index contributed by atoms with van der Waals surface area (Å²) in [5, 5.41) is 3.42. The lowest BCUT2D eigenvalue weighted by molar-refractivity contribution is -0.116. The fourth-order valence-corrected chi connectivity index (χ4v) is 3.02. The largest absolute Gasteiger partial charge is 0.312 e. The molecule has 0 aromatic carbocycles. The van der Waals surface area contributed by atoms with Crippen LogP contribution in [0.3, 0.4) is 0 Å². The van der Waals surface area contributed by atoms with Crippen LogP contribution in [0.15, 0.2) is 16.8 Å². The first-order valence-electron chi connectivity index (χ1n) is 5.32. The molecule has 1 saturated heterocycles. The fourth-order valence-electron chi connectivity index (χ4n) is 3.02. The molecule has 0 radical (unpaired) electrons. The Hall–Kier alpha value is -0.960. The van der Waals surface area contributed by atoms with E-state index in [2.05, 4.69) is 10.3 Å². The maximum absolute atomic E-state index is 11.8. The maximum Gasteiger partial charge on any atom is 0.166 e. The SMILES string of the molecule is O=C1CC=NC=C1C12CCCC1NC2. The number of carbonyl (C=O) groups excluding carboxylic acids is 1. The summed E-state index contributed by atoms with van der Waals surface area (Å²) in [5.74, 6) is 0.286. The van der Waals surface area contributed by atoms with E-state index in [1.807, 2.05) is 0 Å². The van der Waals surface area contributed by atoms with Crippen LogP contribution in [-0.4, -0.2) is 24.6 Å². The van der Waals surface area contributed by atoms with Crippen molar-refractivity contribution in [2.24, 2.45) is 10.4 Å². The second-order valence-electron chi connectivity index (χ2n) is 4.48. The van der Waals surface area contributed by atoms with Gasteiger partial charge in [0.1, 0.15) is 0 Å². The zero-order chi connectivity index (χ0) is 9.60. The van der Waals surface area contributed by atoms with Crippen molar-refractivity contribution in [3.8, 4) is 0 Å². The molecule has 0 bridgehead atoms. The highest BCUT2D eigenvalue weighted by Crippen LogP contribution is 2.50. The summed E-state index contributed by atoms with van der Waals surface area (Å²) in [5.41, 5.74) is 1.15. The third-order valence-electron chi connectivity index (χ3n) is 3.87. The molecular weight excluding hydrogens is 176 g/mol. The van der Waals surface area contributed by atoms with E-state index in [0.29, 0.717) is 12.5 Å². The van der Waals surface area contributed by atoms with Crippen molar-refractivity contribution < 1.29 is 4.79 Å². The van der Waals surface area contributed by atoms with Crippen molar-refractivity contribution in [3.05, 3.63) is 11.8 Å². The predicted octanol–water partition coefficient (Wildman–Crippen LogP) is 1.06. The number of carbonyl (C=O) groups is 1. The standard InChI is InChI=1S/C11H14N2O/c14-9-3-5-12-6-8(9)11-4-1-2-10(11)13-7-11/h5-6,10,13H,1-4,7H2. The van der Waals surface area contributed by atoms with Gasteiger partial charge in [0, 0.05) is 42.4 Å². The highest BCUT2D eigenvalue weighted by atomic mass is 16.1. The van der Waals surface area contributed by atoms with Gasteiger partial charge >= 0.3 is 0 Å². The number of fused-ring (bicyclic) bond motifs is 1. The zero-order valence-corrected chi connectivity index (χ0v) is 8.12. The van der Waals surface area contributed by atoms with Gasteiger partial charge in [-0.05, 0) is 12.8 Å². The van der Waals surface area contributed by atoms with E-state index in [-0.39, 0.29) is 11.2 Å². The molecule has 0 aromatic heterocycles. The van der Waals surface area contributed by atoms with Crippen molar-refractivity contribution in [2.45, 2.75) is 31.7 Å². The van der Waals surface area contributed by atoms with E-state index in [9.17, 15) is 4.79 Å². The normalized spacial score (nSPS) is 40.4. The molecule has 1 N–H and O–H groups in total. The molecule has 3 nitrogen and oxygen atoms in total. The van der Waals surface area contributed by atoms with Crippen LogP contribution >= 0.6 is 0 Å². The van der Waals surface area contributed by atoms with Gasteiger partial charge in [-0.25, -0.2) is 0 Å². The van der Waals surface area contributed by atoms with Crippen LogP contribution in [0.5, 0.6) is 0 Å². The van der Waals surface area contributed by atoms with E-state index >= 15 is 0 Å². The van der Waals surface area contributed by atoms with Gasteiger partial charge in [-0.15, -0.1) is 0 Å². The third kappa shape index (κ3) is 0.906. The van der Waals surface area contributed by atoms with Crippen molar-refractivity contribution in [1.82, 2.24) is 5.32 Å². The first-order chi connectivity index (χ1) is 6.83. The van der Waals surface area contributed by atoms with Crippen LogP contribution in [0.25, 0.3) is 0 Å². The minimum atomic E-state index is 0.162. The number of hydrogen-bond donors (Lipinski definition) is 1. The minimum Gasteiger partial charge on any atom is -0.312 e. The van der Waals surface area contributed by atoms with Crippen LogP contribution in [0.4, 0.5) is 0 Å². The Morgan fingerprint density at radius 1 is 1.57 bits per heavy atom. The number of aliphatic imine (C=N–C) groups is 1. The summed E-state index contributed by atoms with van der Waals surface area (Å²) in [6.45, 7) is 0.977. The lowest BCUT2D eigenvalue weighted by atomic mass is 9.68. The lowest BCUT2D eigenvalue weighted by Crippen LogP contribution is -2.61. The molecule has 74 valence electrons. The van der Waals surface area contributed by atoms with Crippen molar-refractivity contribution in [3.63, 3.8) is 0 Å². The van der Waals surface area contributed by atoms with E-state index in [1.165, 1.54) is 12.8 Å². The summed E-state index contributed by atoms with van der Waals surface area (Å²) in [4.78, 5) is 15.9. The van der Waals surface area contributed by atoms with Crippen LogP contribution in [0, 0.1) is 5.41 Å². The van der Waals surface area contributed by atoms with Gasteiger partial charge in [0.25, 0.3) is 0 Å². The average Bonchev–Trinajstić information content (AvgIpc) is 2.45. The highest BCUT2D eigenvalue weighted by molar-refractivity contribution is 6.06. The molecule has 0 amide bonds. The number of rotatable bonds is 1. The van der Waals surface area contributed by atoms with Crippen LogP contribution < -0.4 is 5.32 Å². The molecule has 0 spiro atoms. The Morgan fingerprint density at radius 2 is 2.50 bits per heavy atom. The minimum absolute atomic E-state index is 0.162. The molecule has 3 aliphatic rings. The van der Waals surface area contributed by atoms with E-state index in [4.69, 9.17) is 0 Å². The van der Waals surface area contributed by atoms with Gasteiger partial charge in [-0.3, -0.25) is 9.79 Å². The van der Waals surface area contributed by atoms with Gasteiger partial charge in [0.15, 0.2) is 5.78 Å². The average molecular weight is 190 g/mol. The highest BCUT2D eigenvalue weighted by Gasteiger charge is 2.53. The van der Waals surface area contributed by atoms with Gasteiger partial charge in [0.2, 0.25) is 0 Å². The second-order valence-corrected chi connectivity index (χ2v) is 4.48. The Morgan fingerprint density at radius 3 is 3.14 bits per heavy atom. The van der Waals surface area contributed by atoms with Crippen molar-refractivity contribution in [2.75, 3.05) is 6.54 Å². The number of hydrogen-bond acceptors (Lipinski definition) is 3. The lowest BCUT2D eigenvalue weighted by Gasteiger charge is -2.47. The molecule has 2 heterocycles. The quantitative estimate of drug-likeness (QED) is 0.671. The molecule has 3 heteroatoms. The zero-order valence-electron chi connectivity index (χ0n) is 8.12. The molecule has 0 aromatic rings. The predicted molar refractivity (Wildman–Crippen MR) is 54.3 cm³/mol. The molecule has 2 unspecified atom stereocenters. The fraction of sp³-hybridized carbons (Fsp3) is 0.636. The molecule has 2 atom stereocenters. The summed E-state index contributed by atoms with van der Waals surface area (Å²) in [7, 11) is 0. The van der Waals surface area contributed by atoms with Gasteiger partial charge in [-0.1, -0.05) is 6.42 Å². The molecular formula is C11H14N2O. The van der Waals surface area contributed by atoms with Gasteiger partial charge in [0.05, 0.1) is 0 Å². The number of nitrogens with zero attached hydrogens (tertiary/aromatic N) is 1. The summed E-state index contributed by atoms with van der Waals surface area (Å²) < 4.78 is 0. The van der Waals surface area contributed by atoms with Gasteiger partial charge < -0.3 is 5.32 Å². The molecule has 1 saturated carbocycles. The topological polar surface area (TPSA) is 41.5 Å². The van der Waals surface area contributed by atoms with Crippen LogP contribution in [-0.2, 0) is 4.79 Å². The van der Waals surface area contributed by atoms with Gasteiger partial charge in [-0.2, -0.15) is 0 Å². The molecule has 2 fully saturated rings. The summed E-state index contributed by atoms with van der Waals surface area (Å²) >= 11 is 0. The number of nitrogens with one attached hydrogen (secondary N) is 1. The Labute approximate surface area is 83.3 Å². The summed E-state index contributed by atoms with van der Waals surface area (Å²) in [6, 6.07) is 0.547. The Kier molecular flexibility index (Phi) is 1.65. The van der Waals surface area contributed by atoms with Crippen molar-refractivity contribution in [1.29, 1.82) is 0 Å². The second kappa shape index (κ2) is 2.76. The molecule has 3 rings (SSSR count). The van der Waals surface area contributed by atoms with Crippen LogP contribution in [0.1, 0.15) is 25.7 Å². The van der Waals surface area contributed by atoms with Crippen molar-refractivity contribution >= 4 is 12.0 Å². The molecule has 1 aliphatic carbocycles. The number of Topliss-reactive ketones (excluding diaryl/α,β-unsaturated/α-hetero) is 1. The Bertz CT molecular complexity index is 345. The van der Waals surface area contributed by atoms with E-state index in [1.54, 1.807) is 12.4 Å². The summed E-state index contributed by atoms with van der Waals surface area (Å²) in [6.07, 6.45) is 7.63. The molecule has 2 aliphatic heterocycles. The first kappa shape index (κ1) is 8.36. The van der Waals surface area contributed by atoms with E-state index in [0.717, 1.165) is 18.5 Å². The Balaban J connectivity index is 1.97.